The van der Waals surface area contributed by atoms with Gasteiger partial charge in [0, 0.05) is 6.54 Å². The topological polar surface area (TPSA) is 75.7 Å². The molecule has 1 amide bonds. The summed E-state index contributed by atoms with van der Waals surface area (Å²) in [5, 5.41) is 2.75. The van der Waals surface area contributed by atoms with Crippen molar-refractivity contribution < 1.29 is 22.3 Å². The molecule has 168 valence electrons. The number of methoxy groups -OCH3 is 1. The van der Waals surface area contributed by atoms with Crippen molar-refractivity contribution >= 4 is 21.6 Å². The highest BCUT2D eigenvalue weighted by atomic mass is 32.2. The Morgan fingerprint density at radius 3 is 2.19 bits per heavy atom. The van der Waals surface area contributed by atoms with Crippen LogP contribution in [0.1, 0.15) is 11.1 Å². The predicted molar refractivity (Wildman–Crippen MR) is 122 cm³/mol. The van der Waals surface area contributed by atoms with Gasteiger partial charge in [-0.1, -0.05) is 29.8 Å². The van der Waals surface area contributed by atoms with Gasteiger partial charge in [0.15, 0.2) is 0 Å². The molecule has 3 aromatic carbocycles. The van der Waals surface area contributed by atoms with Gasteiger partial charge >= 0.3 is 0 Å². The van der Waals surface area contributed by atoms with Crippen LogP contribution in [0.3, 0.4) is 0 Å². The lowest BCUT2D eigenvalue weighted by atomic mass is 10.1. The van der Waals surface area contributed by atoms with Gasteiger partial charge in [-0.2, -0.15) is 0 Å². The zero-order valence-corrected chi connectivity index (χ0v) is 18.7. The van der Waals surface area contributed by atoms with E-state index in [1.807, 2.05) is 31.2 Å². The fraction of sp³-hybridized carbons (Fsp3) is 0.208. The number of halogens is 1. The predicted octanol–water partition coefficient (Wildman–Crippen LogP) is 3.70. The molecule has 0 saturated carbocycles. The number of sulfonamides is 1. The number of carbonyl (C=O) groups excluding carboxylic acids is 1. The summed E-state index contributed by atoms with van der Waals surface area (Å²) in [4.78, 5) is 12.7. The zero-order chi connectivity index (χ0) is 23.1. The van der Waals surface area contributed by atoms with Crippen LogP contribution in [-0.4, -0.2) is 34.5 Å². The number of benzene rings is 3. The highest BCUT2D eigenvalue weighted by Gasteiger charge is 2.27. The molecule has 0 aliphatic rings. The van der Waals surface area contributed by atoms with Crippen molar-refractivity contribution in [3.05, 3.63) is 89.7 Å². The molecule has 3 aromatic rings. The van der Waals surface area contributed by atoms with Gasteiger partial charge in [0.05, 0.1) is 17.7 Å². The lowest BCUT2D eigenvalue weighted by molar-refractivity contribution is -0.119. The standard InChI is InChI=1S/C24H25FN2O4S/c1-18-3-13-23(14-4-18)32(29,30)27(21-9-7-20(25)8-10-21)17-24(28)26-16-15-19-5-11-22(31-2)12-6-19/h3-14H,15-17H2,1-2H3,(H,26,28). The van der Waals surface area contributed by atoms with Crippen LogP contribution in [0.2, 0.25) is 0 Å². The molecule has 0 saturated heterocycles. The van der Waals surface area contributed by atoms with Crippen molar-refractivity contribution in [1.82, 2.24) is 5.32 Å². The van der Waals surface area contributed by atoms with Gasteiger partial charge in [0.1, 0.15) is 18.1 Å². The number of carbonyl (C=O) groups is 1. The molecule has 0 spiro atoms. The molecule has 0 fully saturated rings. The molecule has 0 aliphatic carbocycles. The number of hydrogen-bond donors (Lipinski definition) is 1. The number of amides is 1. The number of nitrogens with one attached hydrogen (secondary N) is 1. The summed E-state index contributed by atoms with van der Waals surface area (Å²) in [6.07, 6.45) is 0.580. The van der Waals surface area contributed by atoms with Crippen LogP contribution in [-0.2, 0) is 21.2 Å². The quantitative estimate of drug-likeness (QED) is 0.533. The second kappa shape index (κ2) is 10.3. The van der Waals surface area contributed by atoms with E-state index in [9.17, 15) is 17.6 Å². The first-order valence-corrected chi connectivity index (χ1v) is 11.5. The molecule has 1 N–H and O–H groups in total. The fourth-order valence-electron chi connectivity index (χ4n) is 3.08. The Labute approximate surface area is 187 Å². The van der Waals surface area contributed by atoms with Crippen LogP contribution in [0.15, 0.2) is 77.7 Å². The van der Waals surface area contributed by atoms with Gasteiger partial charge in [0.25, 0.3) is 10.0 Å². The first-order valence-electron chi connectivity index (χ1n) is 10.0. The van der Waals surface area contributed by atoms with Crippen molar-refractivity contribution in [1.29, 1.82) is 0 Å². The Hall–Kier alpha value is -3.39. The Bertz CT molecular complexity index is 1150. The molecule has 0 heterocycles. The molecule has 0 bridgehead atoms. The summed E-state index contributed by atoms with van der Waals surface area (Å²) in [6.45, 7) is 1.77. The molecular weight excluding hydrogens is 431 g/mol. The average molecular weight is 457 g/mol. The molecule has 0 radical (unpaired) electrons. The van der Waals surface area contributed by atoms with Crippen molar-refractivity contribution in [2.24, 2.45) is 0 Å². The summed E-state index contributed by atoms with van der Waals surface area (Å²) in [5.41, 5.74) is 2.12. The fourth-order valence-corrected chi connectivity index (χ4v) is 4.51. The van der Waals surface area contributed by atoms with E-state index in [2.05, 4.69) is 5.32 Å². The average Bonchev–Trinajstić information content (AvgIpc) is 2.79. The highest BCUT2D eigenvalue weighted by molar-refractivity contribution is 7.92. The minimum absolute atomic E-state index is 0.0541. The van der Waals surface area contributed by atoms with E-state index in [1.165, 1.54) is 24.3 Å². The van der Waals surface area contributed by atoms with Gasteiger partial charge < -0.3 is 10.1 Å². The van der Waals surface area contributed by atoms with E-state index >= 15 is 0 Å². The maximum Gasteiger partial charge on any atom is 0.264 e. The minimum atomic E-state index is -4.03. The van der Waals surface area contributed by atoms with E-state index in [0.717, 1.165) is 33.3 Å². The maximum absolute atomic E-state index is 13.4. The molecule has 3 rings (SSSR count). The van der Waals surface area contributed by atoms with Crippen molar-refractivity contribution in [3.63, 3.8) is 0 Å². The number of anilines is 1. The second-order valence-electron chi connectivity index (χ2n) is 7.25. The first-order chi connectivity index (χ1) is 15.3. The van der Waals surface area contributed by atoms with Gasteiger partial charge in [-0.15, -0.1) is 0 Å². The Balaban J connectivity index is 1.73. The molecule has 0 aliphatic heterocycles. The maximum atomic E-state index is 13.4. The monoisotopic (exact) mass is 456 g/mol. The Kier molecular flexibility index (Phi) is 7.48. The summed E-state index contributed by atoms with van der Waals surface area (Å²) in [6, 6.07) is 18.8. The van der Waals surface area contributed by atoms with Gasteiger partial charge in [0.2, 0.25) is 5.91 Å². The molecule has 0 atom stereocenters. The van der Waals surface area contributed by atoms with Crippen molar-refractivity contribution in [3.8, 4) is 5.75 Å². The molecule has 8 heteroatoms. The third kappa shape index (κ3) is 5.85. The molecule has 0 unspecified atom stereocenters. The van der Waals surface area contributed by atoms with Crippen molar-refractivity contribution in [2.75, 3.05) is 24.5 Å². The first kappa shape index (κ1) is 23.3. The minimum Gasteiger partial charge on any atom is -0.497 e. The normalized spacial score (nSPS) is 11.1. The number of nitrogens with zero attached hydrogens (tertiary/aromatic N) is 1. The molecular formula is C24H25FN2O4S. The van der Waals surface area contributed by atoms with Crippen LogP contribution < -0.4 is 14.4 Å². The van der Waals surface area contributed by atoms with Crippen LogP contribution in [0.25, 0.3) is 0 Å². The van der Waals surface area contributed by atoms with Gasteiger partial charge in [-0.05, 0) is 67.4 Å². The lowest BCUT2D eigenvalue weighted by Crippen LogP contribution is -2.41. The van der Waals surface area contributed by atoms with E-state index in [4.69, 9.17) is 4.74 Å². The molecule has 0 aromatic heterocycles. The molecule has 6 nitrogen and oxygen atoms in total. The second-order valence-corrected chi connectivity index (χ2v) is 9.11. The summed E-state index contributed by atoms with van der Waals surface area (Å²) in [5.74, 6) is -0.210. The van der Waals surface area contributed by atoms with Gasteiger partial charge in [-0.25, -0.2) is 12.8 Å². The van der Waals surface area contributed by atoms with Crippen LogP contribution in [0.4, 0.5) is 10.1 Å². The largest absolute Gasteiger partial charge is 0.497 e. The molecule has 32 heavy (non-hydrogen) atoms. The lowest BCUT2D eigenvalue weighted by Gasteiger charge is -2.24. The zero-order valence-electron chi connectivity index (χ0n) is 17.9. The van der Waals surface area contributed by atoms with Crippen molar-refractivity contribution in [2.45, 2.75) is 18.2 Å². The number of hydrogen-bond acceptors (Lipinski definition) is 4. The van der Waals surface area contributed by atoms with Gasteiger partial charge in [-0.3, -0.25) is 9.10 Å². The third-order valence-electron chi connectivity index (χ3n) is 4.91. The Morgan fingerprint density at radius 2 is 1.59 bits per heavy atom. The highest BCUT2D eigenvalue weighted by Crippen LogP contribution is 2.24. The summed E-state index contributed by atoms with van der Waals surface area (Å²) in [7, 11) is -2.44. The summed E-state index contributed by atoms with van der Waals surface area (Å²) >= 11 is 0. The van der Waals surface area contributed by atoms with E-state index in [-0.39, 0.29) is 10.6 Å². The SMILES string of the molecule is COc1ccc(CCNC(=O)CN(c2ccc(F)cc2)S(=O)(=O)c2ccc(C)cc2)cc1. The van der Waals surface area contributed by atoms with Crippen LogP contribution >= 0.6 is 0 Å². The van der Waals surface area contributed by atoms with Crippen LogP contribution in [0.5, 0.6) is 5.75 Å². The number of rotatable bonds is 9. The van der Waals surface area contributed by atoms with E-state index in [0.29, 0.717) is 13.0 Å². The number of aryl methyl sites for hydroxylation is 1. The van der Waals surface area contributed by atoms with E-state index < -0.39 is 28.3 Å². The number of ether oxygens (including phenoxy) is 1. The smallest absolute Gasteiger partial charge is 0.264 e. The van der Waals surface area contributed by atoms with E-state index in [1.54, 1.807) is 19.2 Å². The van der Waals surface area contributed by atoms with Crippen LogP contribution in [0, 0.1) is 12.7 Å². The summed E-state index contributed by atoms with van der Waals surface area (Å²) < 4.78 is 46.0. The Morgan fingerprint density at radius 1 is 0.969 bits per heavy atom. The third-order valence-corrected chi connectivity index (χ3v) is 6.69.